The Bertz CT molecular complexity index is 514. The van der Waals surface area contributed by atoms with Gasteiger partial charge in [0.25, 0.3) is 0 Å². The van der Waals surface area contributed by atoms with Gasteiger partial charge in [-0.05, 0) is 44.0 Å². The molecule has 17 heavy (non-hydrogen) atoms. The molecule has 0 atom stereocenters. The zero-order valence-corrected chi connectivity index (χ0v) is 12.0. The van der Waals surface area contributed by atoms with Crippen molar-refractivity contribution >= 4 is 43.2 Å². The van der Waals surface area contributed by atoms with E-state index in [4.69, 9.17) is 0 Å². The summed E-state index contributed by atoms with van der Waals surface area (Å²) in [7, 11) is 0. The molecule has 0 aliphatic rings. The highest BCUT2D eigenvalue weighted by Crippen LogP contribution is 2.36. The molecule has 0 saturated carbocycles. The predicted molar refractivity (Wildman–Crippen MR) is 68.0 cm³/mol. The molecule has 0 saturated heterocycles. The normalized spacial score (nSPS) is 11.8. The van der Waals surface area contributed by atoms with E-state index < -0.39 is 11.7 Å². The van der Waals surface area contributed by atoms with Crippen molar-refractivity contribution in [3.8, 4) is 10.6 Å². The van der Waals surface area contributed by atoms with E-state index in [-0.39, 0.29) is 0 Å². The highest BCUT2D eigenvalue weighted by Gasteiger charge is 2.30. The third-order valence-electron chi connectivity index (χ3n) is 2.01. The maximum absolute atomic E-state index is 12.4. The van der Waals surface area contributed by atoms with Gasteiger partial charge in [0.15, 0.2) is 0 Å². The van der Waals surface area contributed by atoms with Crippen molar-refractivity contribution in [2.45, 2.75) is 6.18 Å². The van der Waals surface area contributed by atoms with Gasteiger partial charge in [-0.1, -0.05) is 12.1 Å². The van der Waals surface area contributed by atoms with Crippen molar-refractivity contribution in [2.24, 2.45) is 0 Å². The second kappa shape index (κ2) is 4.70. The Hall–Kier alpha value is -0.400. The lowest BCUT2D eigenvalue weighted by atomic mass is 10.1. The number of hydrogen-bond donors (Lipinski definition) is 0. The van der Waals surface area contributed by atoms with E-state index in [1.165, 1.54) is 23.5 Å². The molecule has 0 aliphatic carbocycles. The number of halogens is 5. The zero-order chi connectivity index (χ0) is 12.6. The minimum absolute atomic E-state index is 0.650. The summed E-state index contributed by atoms with van der Waals surface area (Å²) in [6.45, 7) is 0. The molecule has 90 valence electrons. The fourth-order valence-corrected chi connectivity index (χ4v) is 2.98. The molecule has 1 aromatic carbocycles. The van der Waals surface area contributed by atoms with Crippen LogP contribution >= 0.6 is 43.2 Å². The first kappa shape index (κ1) is 13.0. The first-order chi connectivity index (χ1) is 7.88. The number of aromatic nitrogens is 1. The van der Waals surface area contributed by atoms with E-state index in [0.717, 1.165) is 15.9 Å². The third-order valence-corrected chi connectivity index (χ3v) is 5.13. The largest absolute Gasteiger partial charge is 0.416 e. The van der Waals surface area contributed by atoms with Crippen LogP contribution in [-0.4, -0.2) is 4.98 Å². The summed E-state index contributed by atoms with van der Waals surface area (Å²) in [5, 5.41) is 0.664. The maximum Gasteiger partial charge on any atom is 0.416 e. The van der Waals surface area contributed by atoms with Gasteiger partial charge in [0.2, 0.25) is 0 Å². The van der Waals surface area contributed by atoms with Gasteiger partial charge in [0.05, 0.1) is 5.56 Å². The molecule has 0 unspecified atom stereocenters. The number of benzene rings is 1. The fourth-order valence-electron chi connectivity index (χ4n) is 1.21. The smallest absolute Gasteiger partial charge is 0.228 e. The van der Waals surface area contributed by atoms with Crippen LogP contribution in [-0.2, 0) is 6.18 Å². The maximum atomic E-state index is 12.4. The summed E-state index contributed by atoms with van der Waals surface area (Å²) in [6, 6.07) is 4.94. The average Bonchev–Trinajstić information content (AvgIpc) is 2.58. The van der Waals surface area contributed by atoms with Crippen molar-refractivity contribution < 1.29 is 13.2 Å². The molecule has 7 heteroatoms. The van der Waals surface area contributed by atoms with Gasteiger partial charge in [-0.2, -0.15) is 13.2 Å². The lowest BCUT2D eigenvalue weighted by molar-refractivity contribution is -0.137. The van der Waals surface area contributed by atoms with Crippen molar-refractivity contribution in [1.82, 2.24) is 4.98 Å². The number of nitrogens with zero attached hydrogens (tertiary/aromatic N) is 1. The van der Waals surface area contributed by atoms with Crippen LogP contribution in [0, 0.1) is 0 Å². The molecular formula is C10H4Br2F3NS. The van der Waals surface area contributed by atoms with Crippen LogP contribution in [0.3, 0.4) is 0 Å². The Labute approximate surface area is 116 Å². The van der Waals surface area contributed by atoms with Crippen LogP contribution in [0.15, 0.2) is 32.7 Å². The SMILES string of the molecule is FC(F)(F)c1ccc(-c2nc(Br)c(Br)s2)cc1. The highest BCUT2D eigenvalue weighted by molar-refractivity contribution is 9.13. The van der Waals surface area contributed by atoms with E-state index in [2.05, 4.69) is 36.8 Å². The molecule has 2 aromatic rings. The standard InChI is InChI=1S/C10H4Br2F3NS/c11-7-8(12)17-9(16-7)5-1-3-6(4-2-5)10(13,14)15/h1-4H. The summed E-state index contributed by atoms with van der Waals surface area (Å²) in [5.41, 5.74) is 0.00494. The van der Waals surface area contributed by atoms with E-state index >= 15 is 0 Å². The Kier molecular flexibility index (Phi) is 3.61. The van der Waals surface area contributed by atoms with Gasteiger partial charge in [0, 0.05) is 5.56 Å². The molecule has 0 fully saturated rings. The Morgan fingerprint density at radius 3 is 2.06 bits per heavy atom. The molecule has 1 heterocycles. The van der Waals surface area contributed by atoms with Crippen LogP contribution < -0.4 is 0 Å². The number of thiazole rings is 1. The summed E-state index contributed by atoms with van der Waals surface area (Å²) in [5.74, 6) is 0. The Balaban J connectivity index is 2.36. The van der Waals surface area contributed by atoms with E-state index in [9.17, 15) is 13.2 Å². The summed E-state index contributed by atoms with van der Waals surface area (Å²) >= 11 is 7.88. The second-order valence-electron chi connectivity index (χ2n) is 3.16. The van der Waals surface area contributed by atoms with Crippen molar-refractivity contribution in [3.63, 3.8) is 0 Å². The van der Waals surface area contributed by atoms with Crippen LogP contribution in [0.4, 0.5) is 13.2 Å². The van der Waals surface area contributed by atoms with Gasteiger partial charge in [-0.15, -0.1) is 11.3 Å². The first-order valence-electron chi connectivity index (χ1n) is 4.37. The Morgan fingerprint density at radius 2 is 1.65 bits per heavy atom. The molecule has 1 aromatic heterocycles. The van der Waals surface area contributed by atoms with E-state index in [1.807, 2.05) is 0 Å². The molecule has 1 nitrogen and oxygen atoms in total. The minimum atomic E-state index is -4.30. The number of alkyl halides is 3. The van der Waals surface area contributed by atoms with Crippen LogP contribution in [0.1, 0.15) is 5.56 Å². The lowest BCUT2D eigenvalue weighted by Crippen LogP contribution is -2.03. The summed E-state index contributed by atoms with van der Waals surface area (Å²) in [4.78, 5) is 4.18. The molecular weight excluding hydrogens is 383 g/mol. The van der Waals surface area contributed by atoms with E-state index in [1.54, 1.807) is 0 Å². The lowest BCUT2D eigenvalue weighted by Gasteiger charge is -2.06. The quantitative estimate of drug-likeness (QED) is 0.643. The van der Waals surface area contributed by atoms with Gasteiger partial charge < -0.3 is 0 Å². The van der Waals surface area contributed by atoms with Crippen LogP contribution in [0.2, 0.25) is 0 Å². The first-order valence-corrected chi connectivity index (χ1v) is 6.77. The van der Waals surface area contributed by atoms with E-state index in [0.29, 0.717) is 15.2 Å². The van der Waals surface area contributed by atoms with Crippen molar-refractivity contribution in [3.05, 3.63) is 38.2 Å². The molecule has 0 spiro atoms. The van der Waals surface area contributed by atoms with Crippen LogP contribution in [0.5, 0.6) is 0 Å². The predicted octanol–water partition coefficient (Wildman–Crippen LogP) is 5.35. The Morgan fingerprint density at radius 1 is 1.06 bits per heavy atom. The molecule has 0 N–H and O–H groups in total. The summed E-state index contributed by atoms with van der Waals surface area (Å²) < 4.78 is 38.5. The van der Waals surface area contributed by atoms with Gasteiger partial charge in [0.1, 0.15) is 13.4 Å². The van der Waals surface area contributed by atoms with Crippen molar-refractivity contribution in [1.29, 1.82) is 0 Å². The van der Waals surface area contributed by atoms with Gasteiger partial charge >= 0.3 is 6.18 Å². The molecule has 2 rings (SSSR count). The van der Waals surface area contributed by atoms with Crippen LogP contribution in [0.25, 0.3) is 10.6 Å². The number of hydrogen-bond acceptors (Lipinski definition) is 2. The third kappa shape index (κ3) is 2.89. The zero-order valence-electron chi connectivity index (χ0n) is 8.05. The average molecular weight is 387 g/mol. The van der Waals surface area contributed by atoms with Crippen molar-refractivity contribution in [2.75, 3.05) is 0 Å². The topological polar surface area (TPSA) is 12.9 Å². The van der Waals surface area contributed by atoms with Gasteiger partial charge in [-0.3, -0.25) is 0 Å². The minimum Gasteiger partial charge on any atom is -0.228 e. The fraction of sp³-hybridized carbons (Fsp3) is 0.100. The monoisotopic (exact) mass is 385 g/mol. The highest BCUT2D eigenvalue weighted by atomic mass is 79.9. The molecule has 0 radical (unpaired) electrons. The molecule has 0 amide bonds. The molecule has 0 aliphatic heterocycles. The summed E-state index contributed by atoms with van der Waals surface area (Å²) in [6.07, 6.45) is -4.30. The van der Waals surface area contributed by atoms with Gasteiger partial charge in [-0.25, -0.2) is 4.98 Å². The number of rotatable bonds is 1. The molecule has 0 bridgehead atoms. The second-order valence-corrected chi connectivity index (χ2v) is 6.23.